The van der Waals surface area contributed by atoms with Crippen molar-refractivity contribution in [3.63, 3.8) is 0 Å². The van der Waals surface area contributed by atoms with Crippen molar-refractivity contribution in [3.05, 3.63) is 76.7 Å². The fraction of sp³-hybridized carbons (Fsp3) is 0.150. The van der Waals surface area contributed by atoms with Crippen molar-refractivity contribution in [2.24, 2.45) is 7.05 Å². The first kappa shape index (κ1) is 19.6. The Morgan fingerprint density at radius 1 is 0.963 bits per heavy atom. The van der Waals surface area contributed by atoms with Crippen LogP contribution in [-0.4, -0.2) is 10.1 Å². The molecule has 0 radical (unpaired) electrons. The van der Waals surface area contributed by atoms with E-state index in [1.165, 1.54) is 30.0 Å². The summed E-state index contributed by atoms with van der Waals surface area (Å²) in [4.78, 5) is 14.4. The molecule has 1 heterocycles. The van der Waals surface area contributed by atoms with E-state index in [2.05, 4.69) is 0 Å². The lowest BCUT2D eigenvalue weighted by Gasteiger charge is -2.10. The summed E-state index contributed by atoms with van der Waals surface area (Å²) in [6.07, 6.45) is 3.36. The van der Waals surface area contributed by atoms with Gasteiger partial charge in [-0.2, -0.15) is 13.2 Å². The topological polar surface area (TPSA) is 22.0 Å². The van der Waals surface area contributed by atoms with E-state index in [0.717, 1.165) is 10.5 Å². The van der Waals surface area contributed by atoms with Crippen LogP contribution in [0.1, 0.15) is 5.56 Å². The lowest BCUT2D eigenvalue weighted by atomic mass is 10.1. The van der Waals surface area contributed by atoms with E-state index in [9.17, 15) is 18.0 Å². The monoisotopic (exact) mass is 407 g/mol. The lowest BCUT2D eigenvalue weighted by Crippen LogP contribution is -2.11. The van der Waals surface area contributed by atoms with Gasteiger partial charge in [-0.1, -0.05) is 41.6 Å². The number of hydrogen-bond donors (Lipinski definition) is 0. The van der Waals surface area contributed by atoms with Crippen LogP contribution in [0.2, 0.25) is 0 Å². The van der Waals surface area contributed by atoms with Gasteiger partial charge in [-0.15, -0.1) is 0 Å². The summed E-state index contributed by atoms with van der Waals surface area (Å²) in [5.41, 5.74) is -2.60. The number of hydrogen-bond acceptors (Lipinski definition) is 3. The predicted molar refractivity (Wildman–Crippen MR) is 104 cm³/mol. The second-order valence-electron chi connectivity index (χ2n) is 6.02. The molecule has 7 heteroatoms. The number of rotatable bonds is 4. The van der Waals surface area contributed by atoms with Crippen LogP contribution < -0.4 is 5.43 Å². The second-order valence-corrected chi connectivity index (χ2v) is 8.28. The molecule has 27 heavy (non-hydrogen) atoms. The summed E-state index contributed by atoms with van der Waals surface area (Å²) in [6, 6.07) is 13.8. The molecular weight excluding hydrogens is 391 g/mol. The molecule has 0 bridgehead atoms. The molecule has 0 atom stereocenters. The van der Waals surface area contributed by atoms with Crippen molar-refractivity contribution in [3.8, 4) is 11.1 Å². The van der Waals surface area contributed by atoms with Crippen LogP contribution in [-0.2, 0) is 7.05 Å². The van der Waals surface area contributed by atoms with Gasteiger partial charge in [-0.25, -0.2) is 0 Å². The van der Waals surface area contributed by atoms with E-state index in [-0.39, 0.29) is 22.1 Å². The number of aromatic nitrogens is 1. The maximum Gasteiger partial charge on any atom is 0.446 e. The summed E-state index contributed by atoms with van der Waals surface area (Å²) in [5.74, 6) is 0. The third-order valence-corrected chi connectivity index (χ3v) is 5.49. The number of aryl methyl sites for hydroxylation is 2. The number of halogens is 3. The van der Waals surface area contributed by atoms with Crippen molar-refractivity contribution in [2.75, 3.05) is 0 Å². The molecule has 0 saturated carbocycles. The van der Waals surface area contributed by atoms with Crippen LogP contribution in [0.3, 0.4) is 0 Å². The number of thioether (sulfide) groups is 1. The smallest absolute Gasteiger partial charge is 0.355 e. The minimum Gasteiger partial charge on any atom is -0.355 e. The molecule has 0 saturated heterocycles. The van der Waals surface area contributed by atoms with Crippen LogP contribution in [0.15, 0.2) is 80.4 Å². The predicted octanol–water partition coefficient (Wildman–Crippen LogP) is 6.12. The highest BCUT2D eigenvalue weighted by atomic mass is 32.2. The molecule has 0 N–H and O–H groups in total. The van der Waals surface area contributed by atoms with Crippen LogP contribution in [0, 0.1) is 6.92 Å². The van der Waals surface area contributed by atoms with Gasteiger partial charge < -0.3 is 4.57 Å². The highest BCUT2D eigenvalue weighted by Gasteiger charge is 2.29. The Hall–Kier alpha value is -2.12. The Morgan fingerprint density at radius 2 is 1.67 bits per heavy atom. The quantitative estimate of drug-likeness (QED) is 0.486. The molecule has 0 aliphatic heterocycles. The normalized spacial score (nSPS) is 11.6. The molecule has 2 nitrogen and oxygen atoms in total. The summed E-state index contributed by atoms with van der Waals surface area (Å²) in [7, 11) is 1.79. The van der Waals surface area contributed by atoms with Gasteiger partial charge in [0.1, 0.15) is 0 Å². The maximum absolute atomic E-state index is 12.9. The minimum absolute atomic E-state index is 0.0543. The Kier molecular flexibility index (Phi) is 5.72. The zero-order valence-corrected chi connectivity index (χ0v) is 16.2. The van der Waals surface area contributed by atoms with Crippen molar-refractivity contribution >= 4 is 23.5 Å². The van der Waals surface area contributed by atoms with Gasteiger partial charge in [0.25, 0.3) is 0 Å². The van der Waals surface area contributed by atoms with E-state index in [1.807, 2.05) is 31.2 Å². The van der Waals surface area contributed by atoms with Crippen molar-refractivity contribution in [1.82, 2.24) is 4.57 Å². The zero-order valence-electron chi connectivity index (χ0n) is 14.6. The number of pyridine rings is 1. The molecule has 3 aromatic rings. The molecule has 140 valence electrons. The van der Waals surface area contributed by atoms with E-state index < -0.39 is 5.51 Å². The molecular formula is C20H16F3NOS2. The van der Waals surface area contributed by atoms with Crippen LogP contribution in [0.25, 0.3) is 11.1 Å². The highest BCUT2D eigenvalue weighted by molar-refractivity contribution is 8.00. The van der Waals surface area contributed by atoms with E-state index >= 15 is 0 Å². The van der Waals surface area contributed by atoms with Crippen LogP contribution in [0.5, 0.6) is 0 Å². The fourth-order valence-corrected chi connectivity index (χ4v) is 4.10. The Balaban J connectivity index is 1.99. The summed E-state index contributed by atoms with van der Waals surface area (Å²) >= 11 is 1.16. The van der Waals surface area contributed by atoms with Gasteiger partial charge >= 0.3 is 5.51 Å². The average Bonchev–Trinajstić information content (AvgIpc) is 2.58. The Morgan fingerprint density at radius 3 is 2.33 bits per heavy atom. The Labute approximate surface area is 163 Å². The molecule has 2 aromatic carbocycles. The van der Waals surface area contributed by atoms with Crippen LogP contribution in [0.4, 0.5) is 13.2 Å². The standard InChI is InChI=1S/C20H16F3NOS2/c1-13-6-8-15(9-7-13)26-18-12-24(2)11-17(19(18)25)14-4-3-5-16(10-14)27-20(21,22)23/h3-12H,1-2H3. The lowest BCUT2D eigenvalue weighted by molar-refractivity contribution is -0.0328. The maximum atomic E-state index is 12.9. The van der Waals surface area contributed by atoms with Gasteiger partial charge in [0.15, 0.2) is 0 Å². The highest BCUT2D eigenvalue weighted by Crippen LogP contribution is 2.38. The van der Waals surface area contributed by atoms with E-state index in [0.29, 0.717) is 16.0 Å². The van der Waals surface area contributed by atoms with Crippen molar-refractivity contribution in [2.45, 2.75) is 27.1 Å². The number of alkyl halides is 3. The third-order valence-electron chi connectivity index (χ3n) is 3.75. The molecule has 0 aliphatic rings. The number of benzene rings is 2. The molecule has 0 fully saturated rings. The molecule has 0 aliphatic carbocycles. The molecule has 3 rings (SSSR count). The largest absolute Gasteiger partial charge is 0.446 e. The van der Waals surface area contributed by atoms with Crippen molar-refractivity contribution < 1.29 is 13.2 Å². The molecule has 0 unspecified atom stereocenters. The first-order valence-electron chi connectivity index (χ1n) is 8.02. The summed E-state index contributed by atoms with van der Waals surface area (Å²) < 4.78 is 39.7. The first-order valence-corrected chi connectivity index (χ1v) is 9.65. The first-order chi connectivity index (χ1) is 12.7. The molecule has 0 amide bonds. The molecule has 1 aromatic heterocycles. The van der Waals surface area contributed by atoms with E-state index in [1.54, 1.807) is 30.1 Å². The van der Waals surface area contributed by atoms with Crippen LogP contribution >= 0.6 is 23.5 Å². The SMILES string of the molecule is Cc1ccc(Sc2cn(C)cc(-c3cccc(SC(F)(F)F)c3)c2=O)cc1. The van der Waals surface area contributed by atoms with E-state index in [4.69, 9.17) is 0 Å². The average molecular weight is 407 g/mol. The summed E-state index contributed by atoms with van der Waals surface area (Å²) in [5, 5.41) is 0. The second kappa shape index (κ2) is 7.86. The van der Waals surface area contributed by atoms with Gasteiger partial charge in [0.2, 0.25) is 5.43 Å². The minimum atomic E-state index is -4.37. The third kappa shape index (κ3) is 5.20. The van der Waals surface area contributed by atoms with Gasteiger partial charge in [-0.3, -0.25) is 4.79 Å². The molecule has 0 spiro atoms. The summed E-state index contributed by atoms with van der Waals surface area (Å²) in [6.45, 7) is 1.99. The van der Waals surface area contributed by atoms with Gasteiger partial charge in [-0.05, 0) is 48.5 Å². The Bertz CT molecular complexity index is 1010. The van der Waals surface area contributed by atoms with Gasteiger partial charge in [0, 0.05) is 34.8 Å². The van der Waals surface area contributed by atoms with Crippen molar-refractivity contribution in [1.29, 1.82) is 0 Å². The number of nitrogens with zero attached hydrogens (tertiary/aromatic N) is 1. The van der Waals surface area contributed by atoms with Gasteiger partial charge in [0.05, 0.1) is 4.90 Å². The zero-order chi connectivity index (χ0) is 19.6. The fourth-order valence-electron chi connectivity index (χ4n) is 2.55.